The average Bonchev–Trinajstić information content (AvgIpc) is 3.24. The number of benzene rings is 3. The lowest BCUT2D eigenvalue weighted by molar-refractivity contribution is -0.118. The van der Waals surface area contributed by atoms with Crippen molar-refractivity contribution in [3.63, 3.8) is 0 Å². The molecule has 0 radical (unpaired) electrons. The highest BCUT2D eigenvalue weighted by Crippen LogP contribution is 2.23. The van der Waals surface area contributed by atoms with Crippen LogP contribution in [0.1, 0.15) is 26.4 Å². The highest BCUT2D eigenvalue weighted by atomic mass is 16.2. The molecule has 3 amide bonds. The van der Waals surface area contributed by atoms with E-state index in [1.807, 2.05) is 48.5 Å². The van der Waals surface area contributed by atoms with Gasteiger partial charge in [0.2, 0.25) is 5.91 Å². The first kappa shape index (κ1) is 19.6. The van der Waals surface area contributed by atoms with Gasteiger partial charge < -0.3 is 20.9 Å². The number of rotatable bonds is 4. The Kier molecular flexibility index (Phi) is 4.91. The van der Waals surface area contributed by atoms with Crippen LogP contribution in [0.25, 0.3) is 10.9 Å². The summed E-state index contributed by atoms with van der Waals surface area (Å²) in [6.07, 6.45) is 0.400. The van der Waals surface area contributed by atoms with Gasteiger partial charge in [-0.3, -0.25) is 14.4 Å². The van der Waals surface area contributed by atoms with E-state index in [1.54, 1.807) is 30.3 Å². The summed E-state index contributed by atoms with van der Waals surface area (Å²) in [5, 5.41) is 9.34. The number of carbonyl (C=O) groups is 3. The average molecular weight is 424 g/mol. The molecule has 158 valence electrons. The van der Waals surface area contributed by atoms with Gasteiger partial charge in [-0.25, -0.2) is 0 Å². The lowest BCUT2D eigenvalue weighted by atomic mass is 9.98. The molecule has 0 saturated heterocycles. The summed E-state index contributed by atoms with van der Waals surface area (Å²) in [6.45, 7) is 0. The van der Waals surface area contributed by atoms with Gasteiger partial charge in [-0.15, -0.1) is 0 Å². The number of aromatic nitrogens is 1. The smallest absolute Gasteiger partial charge is 0.272 e. The maximum absolute atomic E-state index is 13.0. The van der Waals surface area contributed by atoms with Gasteiger partial charge in [-0.05, 0) is 35.9 Å². The second kappa shape index (κ2) is 8.03. The summed E-state index contributed by atoms with van der Waals surface area (Å²) >= 11 is 0. The van der Waals surface area contributed by atoms with E-state index < -0.39 is 11.9 Å². The zero-order valence-corrected chi connectivity index (χ0v) is 17.0. The highest BCUT2D eigenvalue weighted by Gasteiger charge is 2.28. The molecular weight excluding hydrogens is 404 g/mol. The third-order valence-corrected chi connectivity index (χ3v) is 5.52. The van der Waals surface area contributed by atoms with Crippen LogP contribution in [-0.4, -0.2) is 28.7 Å². The summed E-state index contributed by atoms with van der Waals surface area (Å²) in [6, 6.07) is 22.9. The first-order valence-corrected chi connectivity index (χ1v) is 10.3. The monoisotopic (exact) mass is 424 g/mol. The van der Waals surface area contributed by atoms with E-state index in [-0.39, 0.29) is 17.4 Å². The molecule has 2 heterocycles. The zero-order chi connectivity index (χ0) is 22.1. The first-order valence-electron chi connectivity index (χ1n) is 10.3. The summed E-state index contributed by atoms with van der Waals surface area (Å²) in [5.41, 5.74) is 3.61. The molecule has 0 saturated carbocycles. The molecule has 1 atom stereocenters. The molecule has 5 rings (SSSR count). The van der Waals surface area contributed by atoms with Crippen LogP contribution in [0.5, 0.6) is 0 Å². The van der Waals surface area contributed by atoms with Crippen LogP contribution in [-0.2, 0) is 11.2 Å². The number of hydrogen-bond donors (Lipinski definition) is 4. The largest absolute Gasteiger partial charge is 0.351 e. The van der Waals surface area contributed by atoms with E-state index in [2.05, 4.69) is 20.9 Å². The second-order valence-corrected chi connectivity index (χ2v) is 7.65. The van der Waals surface area contributed by atoms with Crippen molar-refractivity contribution < 1.29 is 14.4 Å². The van der Waals surface area contributed by atoms with Crippen molar-refractivity contribution in [2.75, 3.05) is 10.6 Å². The van der Waals surface area contributed by atoms with Crippen LogP contribution in [0.4, 0.5) is 11.4 Å². The van der Waals surface area contributed by atoms with Gasteiger partial charge in [0.05, 0.1) is 11.3 Å². The first-order chi connectivity index (χ1) is 15.6. The van der Waals surface area contributed by atoms with Crippen LogP contribution >= 0.6 is 0 Å². The molecule has 0 bridgehead atoms. The number of carbonyl (C=O) groups excluding carboxylic acids is 3. The molecular formula is C25H20N4O3. The van der Waals surface area contributed by atoms with Crippen LogP contribution in [0, 0.1) is 0 Å². The van der Waals surface area contributed by atoms with Crippen LogP contribution in [0.2, 0.25) is 0 Å². The summed E-state index contributed by atoms with van der Waals surface area (Å²) in [4.78, 5) is 41.3. The SMILES string of the molecule is O=C(Nc1ccccc1C(=O)NC1Cc2ccccc2NC1=O)c1cc2ccccc2[nH]1. The number of fused-ring (bicyclic) bond motifs is 2. The Labute approximate surface area is 183 Å². The third kappa shape index (κ3) is 3.72. The van der Waals surface area contributed by atoms with E-state index in [0.29, 0.717) is 17.8 Å². The van der Waals surface area contributed by atoms with E-state index in [1.165, 1.54) is 0 Å². The second-order valence-electron chi connectivity index (χ2n) is 7.65. The minimum atomic E-state index is -0.699. The van der Waals surface area contributed by atoms with E-state index in [0.717, 1.165) is 22.2 Å². The van der Waals surface area contributed by atoms with Crippen molar-refractivity contribution in [2.45, 2.75) is 12.5 Å². The number of H-pyrrole nitrogens is 1. The number of para-hydroxylation sites is 3. The van der Waals surface area contributed by atoms with E-state index in [9.17, 15) is 14.4 Å². The minimum absolute atomic E-state index is 0.267. The van der Waals surface area contributed by atoms with E-state index >= 15 is 0 Å². The number of amides is 3. The molecule has 32 heavy (non-hydrogen) atoms. The lowest BCUT2D eigenvalue weighted by Gasteiger charge is -2.25. The molecule has 1 aliphatic heterocycles. The Hall–Kier alpha value is -4.39. The topological polar surface area (TPSA) is 103 Å². The van der Waals surface area contributed by atoms with Gasteiger partial charge in [0.25, 0.3) is 11.8 Å². The molecule has 4 N–H and O–H groups in total. The minimum Gasteiger partial charge on any atom is -0.351 e. The number of nitrogens with one attached hydrogen (secondary N) is 4. The Morgan fingerprint density at radius 3 is 2.50 bits per heavy atom. The van der Waals surface area contributed by atoms with Crippen LogP contribution in [0.3, 0.4) is 0 Å². The fourth-order valence-electron chi connectivity index (χ4n) is 3.88. The number of aromatic amines is 1. The summed E-state index contributed by atoms with van der Waals surface area (Å²) in [5.74, 6) is -1.06. The molecule has 1 aromatic heterocycles. The molecule has 1 unspecified atom stereocenters. The van der Waals surface area contributed by atoms with Crippen molar-refractivity contribution in [3.8, 4) is 0 Å². The maximum atomic E-state index is 13.0. The fraction of sp³-hybridized carbons (Fsp3) is 0.0800. The normalized spacial score (nSPS) is 15.0. The van der Waals surface area contributed by atoms with Crippen molar-refractivity contribution in [1.82, 2.24) is 10.3 Å². The van der Waals surface area contributed by atoms with Crippen molar-refractivity contribution >= 4 is 40.0 Å². The van der Waals surface area contributed by atoms with Gasteiger partial charge in [-0.2, -0.15) is 0 Å². The number of hydrogen-bond acceptors (Lipinski definition) is 3. The Bertz CT molecular complexity index is 1330. The fourth-order valence-corrected chi connectivity index (χ4v) is 3.88. The highest BCUT2D eigenvalue weighted by molar-refractivity contribution is 6.10. The molecule has 7 heteroatoms. The van der Waals surface area contributed by atoms with Gasteiger partial charge in [0.1, 0.15) is 11.7 Å². The quantitative estimate of drug-likeness (QED) is 0.401. The molecule has 1 aliphatic rings. The number of anilines is 2. The van der Waals surface area contributed by atoms with Crippen LogP contribution in [0.15, 0.2) is 78.9 Å². The van der Waals surface area contributed by atoms with Crippen LogP contribution < -0.4 is 16.0 Å². The Morgan fingerprint density at radius 1 is 0.875 bits per heavy atom. The predicted octanol–water partition coefficient (Wildman–Crippen LogP) is 3.71. The van der Waals surface area contributed by atoms with Gasteiger partial charge >= 0.3 is 0 Å². The molecule has 4 aromatic rings. The molecule has 3 aromatic carbocycles. The Balaban J connectivity index is 1.34. The summed E-state index contributed by atoms with van der Waals surface area (Å²) in [7, 11) is 0. The standard InChI is InChI=1S/C25H20N4O3/c30-23(29-22-14-16-8-2-5-11-19(16)27-25(22)32)17-9-3-6-12-20(17)28-24(31)21-13-15-7-1-4-10-18(15)26-21/h1-13,22,26H,14H2,(H,27,32)(H,28,31)(H,29,30). The van der Waals surface area contributed by atoms with Gasteiger partial charge in [0.15, 0.2) is 0 Å². The maximum Gasteiger partial charge on any atom is 0.272 e. The lowest BCUT2D eigenvalue weighted by Crippen LogP contribution is -2.47. The third-order valence-electron chi connectivity index (χ3n) is 5.52. The van der Waals surface area contributed by atoms with Gasteiger partial charge in [-0.1, -0.05) is 48.5 Å². The van der Waals surface area contributed by atoms with Gasteiger partial charge in [0, 0.05) is 23.0 Å². The molecule has 0 aliphatic carbocycles. The molecule has 0 spiro atoms. The Morgan fingerprint density at radius 2 is 1.62 bits per heavy atom. The molecule has 7 nitrogen and oxygen atoms in total. The molecule has 0 fully saturated rings. The van der Waals surface area contributed by atoms with Crippen molar-refractivity contribution in [1.29, 1.82) is 0 Å². The summed E-state index contributed by atoms with van der Waals surface area (Å²) < 4.78 is 0. The zero-order valence-electron chi connectivity index (χ0n) is 17.0. The van der Waals surface area contributed by atoms with Crippen molar-refractivity contribution in [3.05, 3.63) is 95.7 Å². The van der Waals surface area contributed by atoms with Crippen molar-refractivity contribution in [2.24, 2.45) is 0 Å². The predicted molar refractivity (Wildman–Crippen MR) is 123 cm³/mol. The van der Waals surface area contributed by atoms with E-state index in [4.69, 9.17) is 0 Å².